The molecule has 0 unspecified atom stereocenters. The first-order valence-corrected chi connectivity index (χ1v) is 6.51. The molecule has 0 saturated carbocycles. The lowest BCUT2D eigenvalue weighted by molar-refractivity contribution is 0.495. The summed E-state index contributed by atoms with van der Waals surface area (Å²) in [6.07, 6.45) is 3.44. The summed E-state index contributed by atoms with van der Waals surface area (Å²) in [7, 11) is 1.92. The highest BCUT2D eigenvalue weighted by molar-refractivity contribution is 6.39. The first kappa shape index (κ1) is 13.4. The van der Waals surface area contributed by atoms with Gasteiger partial charge in [-0.15, -0.1) is 0 Å². The normalized spacial score (nSPS) is 10.8. The van der Waals surface area contributed by atoms with Gasteiger partial charge in [0.1, 0.15) is 0 Å². The van der Waals surface area contributed by atoms with Crippen molar-refractivity contribution < 1.29 is 4.42 Å². The fraction of sp³-hybridized carbons (Fsp3) is 0.308. The highest BCUT2D eigenvalue weighted by Crippen LogP contribution is 2.34. The Labute approximate surface area is 116 Å². The monoisotopic (exact) mass is 284 g/mol. The molecule has 3 nitrogen and oxygen atoms in total. The van der Waals surface area contributed by atoms with Gasteiger partial charge in [0.05, 0.1) is 21.8 Å². The van der Waals surface area contributed by atoms with Crippen molar-refractivity contribution in [2.24, 2.45) is 0 Å². The minimum atomic E-state index is 0.570. The third-order valence-corrected chi connectivity index (χ3v) is 3.21. The molecule has 5 heteroatoms. The van der Waals surface area contributed by atoms with Crippen LogP contribution in [0.1, 0.15) is 12.3 Å². The fourth-order valence-corrected chi connectivity index (χ4v) is 2.27. The van der Waals surface area contributed by atoms with E-state index >= 15 is 0 Å². The number of aromatic nitrogens is 1. The van der Waals surface area contributed by atoms with Gasteiger partial charge in [-0.1, -0.05) is 29.3 Å². The molecule has 0 amide bonds. The second-order valence-electron chi connectivity index (χ2n) is 3.92. The van der Waals surface area contributed by atoms with Gasteiger partial charge in [-0.2, -0.15) is 0 Å². The number of hydrogen-bond acceptors (Lipinski definition) is 3. The van der Waals surface area contributed by atoms with Crippen molar-refractivity contribution in [2.75, 3.05) is 13.6 Å². The van der Waals surface area contributed by atoms with Gasteiger partial charge in [0.15, 0.2) is 11.7 Å². The number of nitrogens with one attached hydrogen (secondary N) is 1. The molecule has 2 aromatic rings. The largest absolute Gasteiger partial charge is 0.441 e. The molecule has 0 radical (unpaired) electrons. The summed E-state index contributed by atoms with van der Waals surface area (Å²) in [6, 6.07) is 5.37. The maximum Gasteiger partial charge on any atom is 0.194 e. The summed E-state index contributed by atoms with van der Waals surface area (Å²) in [5.74, 6) is 1.32. The van der Waals surface area contributed by atoms with Gasteiger partial charge < -0.3 is 9.73 Å². The van der Waals surface area contributed by atoms with Crippen molar-refractivity contribution in [3.63, 3.8) is 0 Å². The Balaban J connectivity index is 2.19. The number of benzene rings is 1. The first-order valence-electron chi connectivity index (χ1n) is 5.76. The minimum absolute atomic E-state index is 0.570. The lowest BCUT2D eigenvalue weighted by atomic mass is 10.2. The lowest BCUT2D eigenvalue weighted by Gasteiger charge is -2.02. The Morgan fingerprint density at radius 3 is 2.67 bits per heavy atom. The topological polar surface area (TPSA) is 38.1 Å². The number of oxazole rings is 1. The van der Waals surface area contributed by atoms with Crippen LogP contribution >= 0.6 is 23.2 Å². The number of rotatable bonds is 5. The van der Waals surface area contributed by atoms with E-state index in [-0.39, 0.29) is 0 Å². The molecule has 0 spiro atoms. The van der Waals surface area contributed by atoms with E-state index in [0.717, 1.165) is 19.4 Å². The summed E-state index contributed by atoms with van der Waals surface area (Å²) in [4.78, 5) is 4.23. The molecule has 1 heterocycles. The van der Waals surface area contributed by atoms with E-state index in [4.69, 9.17) is 27.6 Å². The molecule has 0 bridgehead atoms. The van der Waals surface area contributed by atoms with Crippen LogP contribution in [0.25, 0.3) is 11.3 Å². The van der Waals surface area contributed by atoms with E-state index in [1.807, 2.05) is 7.05 Å². The second kappa shape index (κ2) is 6.23. The van der Waals surface area contributed by atoms with Crippen LogP contribution in [-0.2, 0) is 6.42 Å². The van der Waals surface area contributed by atoms with Gasteiger partial charge in [-0.25, -0.2) is 4.98 Å². The summed E-state index contributed by atoms with van der Waals surface area (Å²) in [5, 5.41) is 4.22. The van der Waals surface area contributed by atoms with Gasteiger partial charge in [0.2, 0.25) is 0 Å². The molecule has 0 saturated heterocycles. The SMILES string of the molecule is CNCCCc1ncc(-c2c(Cl)cccc2Cl)o1. The van der Waals surface area contributed by atoms with Gasteiger partial charge in [0.25, 0.3) is 0 Å². The molecule has 0 aliphatic rings. The third-order valence-electron chi connectivity index (χ3n) is 2.58. The van der Waals surface area contributed by atoms with Gasteiger partial charge in [-0.3, -0.25) is 0 Å². The van der Waals surface area contributed by atoms with Crippen LogP contribution in [-0.4, -0.2) is 18.6 Å². The van der Waals surface area contributed by atoms with E-state index in [2.05, 4.69) is 10.3 Å². The Bertz CT molecular complexity index is 505. The van der Waals surface area contributed by atoms with Crippen molar-refractivity contribution in [3.05, 3.63) is 40.3 Å². The zero-order valence-electron chi connectivity index (χ0n) is 10.0. The Morgan fingerprint density at radius 1 is 1.28 bits per heavy atom. The van der Waals surface area contributed by atoms with Crippen molar-refractivity contribution in [1.82, 2.24) is 10.3 Å². The van der Waals surface area contributed by atoms with Crippen LogP contribution in [0.3, 0.4) is 0 Å². The van der Waals surface area contributed by atoms with Crippen LogP contribution in [0.2, 0.25) is 10.0 Å². The van der Waals surface area contributed by atoms with Gasteiger partial charge in [-0.05, 0) is 32.1 Å². The number of nitrogens with zero attached hydrogens (tertiary/aromatic N) is 1. The van der Waals surface area contributed by atoms with E-state index in [1.165, 1.54) is 0 Å². The van der Waals surface area contributed by atoms with E-state index < -0.39 is 0 Å². The summed E-state index contributed by atoms with van der Waals surface area (Å²) in [5.41, 5.74) is 0.702. The molecule has 1 N–H and O–H groups in total. The number of halogens is 2. The standard InChI is InChI=1S/C13H14Cl2N2O/c1-16-7-3-6-12-17-8-11(18-12)13-9(14)4-2-5-10(13)15/h2,4-5,8,16H,3,6-7H2,1H3. The molecule has 96 valence electrons. The van der Waals surface area contributed by atoms with E-state index in [0.29, 0.717) is 27.3 Å². The van der Waals surface area contributed by atoms with E-state index in [1.54, 1.807) is 24.4 Å². The highest BCUT2D eigenvalue weighted by Gasteiger charge is 2.13. The molecule has 0 aliphatic heterocycles. The average Bonchev–Trinajstić information content (AvgIpc) is 2.78. The van der Waals surface area contributed by atoms with Crippen LogP contribution in [0, 0.1) is 0 Å². The van der Waals surface area contributed by atoms with Crippen LogP contribution < -0.4 is 5.32 Å². The van der Waals surface area contributed by atoms with Crippen molar-refractivity contribution in [3.8, 4) is 11.3 Å². The molecular formula is C13H14Cl2N2O. The Hall–Kier alpha value is -1.03. The second-order valence-corrected chi connectivity index (χ2v) is 4.74. The minimum Gasteiger partial charge on any atom is -0.441 e. The average molecular weight is 285 g/mol. The highest BCUT2D eigenvalue weighted by atomic mass is 35.5. The smallest absolute Gasteiger partial charge is 0.194 e. The van der Waals surface area contributed by atoms with Crippen LogP contribution in [0.4, 0.5) is 0 Å². The molecule has 1 aromatic heterocycles. The third kappa shape index (κ3) is 3.05. The van der Waals surface area contributed by atoms with E-state index in [9.17, 15) is 0 Å². The van der Waals surface area contributed by atoms with Crippen molar-refractivity contribution in [1.29, 1.82) is 0 Å². The predicted molar refractivity (Wildman–Crippen MR) is 74.2 cm³/mol. The lowest BCUT2D eigenvalue weighted by Crippen LogP contribution is -2.08. The summed E-state index contributed by atoms with van der Waals surface area (Å²) < 4.78 is 5.67. The Kier molecular flexibility index (Phi) is 4.64. The molecule has 2 rings (SSSR count). The predicted octanol–water partition coefficient (Wildman–Crippen LogP) is 3.80. The molecular weight excluding hydrogens is 271 g/mol. The Morgan fingerprint density at radius 2 is 2.00 bits per heavy atom. The summed E-state index contributed by atoms with van der Waals surface area (Å²) >= 11 is 12.2. The maximum atomic E-state index is 6.12. The van der Waals surface area contributed by atoms with Crippen molar-refractivity contribution in [2.45, 2.75) is 12.8 Å². The molecule has 0 aliphatic carbocycles. The molecule has 18 heavy (non-hydrogen) atoms. The first-order chi connectivity index (χ1) is 8.72. The number of aryl methyl sites for hydroxylation is 1. The fourth-order valence-electron chi connectivity index (χ4n) is 1.69. The van der Waals surface area contributed by atoms with Crippen LogP contribution in [0.15, 0.2) is 28.8 Å². The zero-order chi connectivity index (χ0) is 13.0. The van der Waals surface area contributed by atoms with Crippen molar-refractivity contribution >= 4 is 23.2 Å². The molecule has 0 fully saturated rings. The molecule has 0 atom stereocenters. The zero-order valence-corrected chi connectivity index (χ0v) is 11.6. The molecule has 1 aromatic carbocycles. The van der Waals surface area contributed by atoms with Gasteiger partial charge >= 0.3 is 0 Å². The number of hydrogen-bond donors (Lipinski definition) is 1. The van der Waals surface area contributed by atoms with Gasteiger partial charge in [0, 0.05) is 6.42 Å². The maximum absolute atomic E-state index is 6.12. The van der Waals surface area contributed by atoms with Crippen LogP contribution in [0.5, 0.6) is 0 Å². The summed E-state index contributed by atoms with van der Waals surface area (Å²) in [6.45, 7) is 0.935. The quantitative estimate of drug-likeness (QED) is 0.849.